The van der Waals surface area contributed by atoms with Gasteiger partial charge in [-0.25, -0.2) is 5.01 Å². The van der Waals surface area contributed by atoms with Crippen LogP contribution in [0.3, 0.4) is 0 Å². The molecule has 1 rings (SSSR count). The van der Waals surface area contributed by atoms with Crippen LogP contribution in [0.4, 0.5) is 5.69 Å². The summed E-state index contributed by atoms with van der Waals surface area (Å²) < 4.78 is 0. The van der Waals surface area contributed by atoms with Crippen LogP contribution in [0.25, 0.3) is 0 Å². The van der Waals surface area contributed by atoms with E-state index in [9.17, 15) is 0 Å². The van der Waals surface area contributed by atoms with Crippen LogP contribution in [-0.4, -0.2) is 24.1 Å². The van der Waals surface area contributed by atoms with Crippen LogP contribution >= 0.6 is 23.8 Å². The van der Waals surface area contributed by atoms with Crippen LogP contribution < -0.4 is 11.2 Å². The minimum absolute atomic E-state index is 0.292. The normalized spacial score (nSPS) is 10.3. The molecule has 1 aromatic rings. The Labute approximate surface area is 93.8 Å². The van der Waals surface area contributed by atoms with Crippen LogP contribution in [0, 0.1) is 0 Å². The van der Waals surface area contributed by atoms with Crippen LogP contribution in [0.5, 0.6) is 0 Å². The molecule has 1 aromatic carbocycles. The van der Waals surface area contributed by atoms with Crippen LogP contribution in [0.1, 0.15) is 5.56 Å². The van der Waals surface area contributed by atoms with Crippen molar-refractivity contribution in [2.75, 3.05) is 19.5 Å². The van der Waals surface area contributed by atoms with Gasteiger partial charge in [0.05, 0.1) is 16.3 Å². The third-order valence-corrected chi connectivity index (χ3v) is 2.12. The summed E-state index contributed by atoms with van der Waals surface area (Å²) in [6, 6.07) is 5.48. The Hall–Kier alpha value is -0.840. The largest absolute Gasteiger partial charge is 0.389 e. The van der Waals surface area contributed by atoms with Gasteiger partial charge in [-0.1, -0.05) is 29.9 Å². The monoisotopic (exact) mass is 229 g/mol. The molecule has 0 atom stereocenters. The van der Waals surface area contributed by atoms with Crippen LogP contribution in [0.15, 0.2) is 18.2 Å². The fourth-order valence-electron chi connectivity index (χ4n) is 1.11. The Morgan fingerprint density at radius 1 is 1.50 bits per heavy atom. The van der Waals surface area contributed by atoms with Crippen molar-refractivity contribution in [1.82, 2.24) is 5.01 Å². The number of anilines is 1. The first kappa shape index (κ1) is 11.2. The van der Waals surface area contributed by atoms with E-state index in [-0.39, 0.29) is 0 Å². The van der Waals surface area contributed by atoms with E-state index in [1.165, 1.54) is 0 Å². The second-order valence-corrected chi connectivity index (χ2v) is 3.88. The zero-order valence-corrected chi connectivity index (χ0v) is 9.62. The van der Waals surface area contributed by atoms with E-state index < -0.39 is 0 Å². The second kappa shape index (κ2) is 4.59. The van der Waals surface area contributed by atoms with E-state index in [0.717, 1.165) is 5.69 Å². The Morgan fingerprint density at radius 2 is 2.14 bits per heavy atom. The molecule has 0 saturated carbocycles. The predicted octanol–water partition coefficient (Wildman–Crippen LogP) is 1.86. The average molecular weight is 230 g/mol. The van der Waals surface area contributed by atoms with E-state index in [1.54, 1.807) is 11.1 Å². The maximum Gasteiger partial charge on any atom is 0.107 e. The van der Waals surface area contributed by atoms with Gasteiger partial charge in [0.1, 0.15) is 4.99 Å². The van der Waals surface area contributed by atoms with Gasteiger partial charge in [0.25, 0.3) is 0 Å². The van der Waals surface area contributed by atoms with E-state index >= 15 is 0 Å². The number of hydrogen-bond donors (Lipinski definition) is 2. The van der Waals surface area contributed by atoms with Crippen molar-refractivity contribution in [1.29, 1.82) is 0 Å². The Bertz CT molecular complexity index is 352. The number of benzene rings is 1. The minimum Gasteiger partial charge on any atom is -0.389 e. The number of nitrogens with zero attached hydrogens (tertiary/aromatic N) is 1. The lowest BCUT2D eigenvalue weighted by Gasteiger charge is -2.17. The number of halogens is 1. The van der Waals surface area contributed by atoms with Gasteiger partial charge in [-0.2, -0.15) is 0 Å². The predicted molar refractivity (Wildman–Crippen MR) is 64.6 cm³/mol. The molecule has 14 heavy (non-hydrogen) atoms. The lowest BCUT2D eigenvalue weighted by molar-refractivity contribution is 0.495. The Balaban J connectivity index is 3.14. The summed E-state index contributed by atoms with van der Waals surface area (Å²) in [6.45, 7) is 0. The molecule has 0 bridgehead atoms. The fourth-order valence-corrected chi connectivity index (χ4v) is 1.66. The van der Waals surface area contributed by atoms with Gasteiger partial charge in [0.2, 0.25) is 0 Å². The highest BCUT2D eigenvalue weighted by atomic mass is 35.5. The minimum atomic E-state index is 0.292. The van der Waals surface area contributed by atoms with E-state index in [2.05, 4.69) is 5.43 Å². The molecular formula is C9H12ClN3S. The smallest absolute Gasteiger partial charge is 0.107 e. The fraction of sp³-hybridized carbons (Fsp3) is 0.222. The van der Waals surface area contributed by atoms with E-state index in [0.29, 0.717) is 15.6 Å². The number of rotatable bonds is 3. The highest BCUT2D eigenvalue weighted by Crippen LogP contribution is 2.24. The van der Waals surface area contributed by atoms with Gasteiger partial charge in [-0.15, -0.1) is 0 Å². The lowest BCUT2D eigenvalue weighted by Crippen LogP contribution is -2.22. The molecule has 0 unspecified atom stereocenters. The molecular weight excluding hydrogens is 218 g/mol. The topological polar surface area (TPSA) is 41.3 Å². The summed E-state index contributed by atoms with van der Waals surface area (Å²) in [6.07, 6.45) is 0. The van der Waals surface area contributed by atoms with Crippen molar-refractivity contribution in [2.24, 2.45) is 5.73 Å². The SMILES string of the molecule is CN(C)Nc1cccc(Cl)c1C(N)=S. The third-order valence-electron chi connectivity index (χ3n) is 1.60. The first-order valence-electron chi connectivity index (χ1n) is 4.04. The van der Waals surface area contributed by atoms with Crippen LogP contribution in [0.2, 0.25) is 5.02 Å². The van der Waals surface area contributed by atoms with Crippen molar-refractivity contribution in [3.63, 3.8) is 0 Å². The first-order chi connectivity index (χ1) is 6.52. The van der Waals surface area contributed by atoms with E-state index in [4.69, 9.17) is 29.6 Å². The molecule has 0 aliphatic rings. The van der Waals surface area contributed by atoms with Crippen LogP contribution in [-0.2, 0) is 0 Å². The summed E-state index contributed by atoms with van der Waals surface area (Å²) in [7, 11) is 3.76. The summed E-state index contributed by atoms with van der Waals surface area (Å²) in [5, 5.41) is 2.36. The zero-order valence-electron chi connectivity index (χ0n) is 8.04. The third kappa shape index (κ3) is 2.57. The molecule has 0 aromatic heterocycles. The van der Waals surface area contributed by atoms with Gasteiger partial charge in [-0.05, 0) is 12.1 Å². The van der Waals surface area contributed by atoms with Crippen molar-refractivity contribution in [3.05, 3.63) is 28.8 Å². The lowest BCUT2D eigenvalue weighted by atomic mass is 10.2. The molecule has 0 aliphatic heterocycles. The van der Waals surface area contributed by atoms with Crippen molar-refractivity contribution in [2.45, 2.75) is 0 Å². The molecule has 0 heterocycles. The van der Waals surface area contributed by atoms with Gasteiger partial charge >= 0.3 is 0 Å². The molecule has 0 radical (unpaired) electrons. The number of hydrogen-bond acceptors (Lipinski definition) is 3. The van der Waals surface area contributed by atoms with Gasteiger partial charge in [0.15, 0.2) is 0 Å². The highest BCUT2D eigenvalue weighted by Gasteiger charge is 2.09. The number of hydrazine groups is 1. The van der Waals surface area contributed by atoms with Crippen molar-refractivity contribution in [3.8, 4) is 0 Å². The van der Waals surface area contributed by atoms with E-state index in [1.807, 2.05) is 26.2 Å². The first-order valence-corrected chi connectivity index (χ1v) is 4.83. The molecule has 76 valence electrons. The molecule has 3 nitrogen and oxygen atoms in total. The Kier molecular flexibility index (Phi) is 3.69. The second-order valence-electron chi connectivity index (χ2n) is 3.03. The molecule has 0 saturated heterocycles. The molecule has 0 fully saturated rings. The molecule has 3 N–H and O–H groups in total. The average Bonchev–Trinajstić information content (AvgIpc) is 2.01. The standard InChI is InChI=1S/C9H12ClN3S/c1-13(2)12-7-5-3-4-6(10)8(7)9(11)14/h3-5,12H,1-2H3,(H2,11,14). The summed E-state index contributed by atoms with van der Waals surface area (Å²) in [5.74, 6) is 0. The summed E-state index contributed by atoms with van der Waals surface area (Å²) in [4.78, 5) is 0.292. The molecule has 0 amide bonds. The number of nitrogens with two attached hydrogens (primary N) is 1. The molecule has 0 aliphatic carbocycles. The highest BCUT2D eigenvalue weighted by molar-refractivity contribution is 7.80. The van der Waals surface area contributed by atoms with Crippen molar-refractivity contribution >= 4 is 34.5 Å². The Morgan fingerprint density at radius 3 is 2.64 bits per heavy atom. The number of nitrogens with one attached hydrogen (secondary N) is 1. The number of thiocarbonyl (C=S) groups is 1. The summed E-state index contributed by atoms with van der Waals surface area (Å²) >= 11 is 10.9. The maximum atomic E-state index is 5.98. The van der Waals surface area contributed by atoms with Gasteiger partial charge in [0, 0.05) is 14.1 Å². The van der Waals surface area contributed by atoms with Gasteiger partial charge in [-0.3, -0.25) is 0 Å². The van der Waals surface area contributed by atoms with Gasteiger partial charge < -0.3 is 11.2 Å². The van der Waals surface area contributed by atoms with Crippen molar-refractivity contribution < 1.29 is 0 Å². The quantitative estimate of drug-likeness (QED) is 0.613. The molecule has 0 spiro atoms. The molecule has 5 heteroatoms. The maximum absolute atomic E-state index is 5.98. The zero-order chi connectivity index (χ0) is 10.7. The summed E-state index contributed by atoms with van der Waals surface area (Å²) in [5.41, 5.74) is 10.1.